The molecular formula is C56H50N4O. The summed E-state index contributed by atoms with van der Waals surface area (Å²) in [5.74, 6) is 1.56. The lowest BCUT2D eigenvalue weighted by molar-refractivity contribution is 0.304. The minimum absolute atomic E-state index is 0.00212. The molecule has 5 heteroatoms. The molecule has 0 fully saturated rings. The van der Waals surface area contributed by atoms with Gasteiger partial charge in [0.2, 0.25) is 0 Å². The topological polar surface area (TPSA) is 33.0 Å². The van der Waals surface area contributed by atoms with Crippen molar-refractivity contribution in [2.75, 3.05) is 16.5 Å². The van der Waals surface area contributed by atoms with Crippen LogP contribution in [0.5, 0.6) is 11.5 Å². The second kappa shape index (κ2) is 13.3. The smallest absolute Gasteiger partial charge is 0.129 e. The highest BCUT2D eigenvalue weighted by molar-refractivity contribution is 6.16. The molecule has 0 atom stereocenters. The Hall–Kier alpha value is -6.85. The Morgan fingerprint density at radius 1 is 0.525 bits per heavy atom. The van der Waals surface area contributed by atoms with Crippen molar-refractivity contribution in [2.45, 2.75) is 64.7 Å². The van der Waals surface area contributed by atoms with Crippen LogP contribution in [0.3, 0.4) is 0 Å². The van der Waals surface area contributed by atoms with Crippen LogP contribution in [0.25, 0.3) is 49.4 Å². The summed E-state index contributed by atoms with van der Waals surface area (Å²) in [5, 5.41) is 8.88. The fourth-order valence-corrected chi connectivity index (χ4v) is 9.78. The number of nitrogens with zero attached hydrogens (tertiary/aromatic N) is 4. The van der Waals surface area contributed by atoms with Gasteiger partial charge in [-0.1, -0.05) is 133 Å². The third-order valence-corrected chi connectivity index (χ3v) is 14.0. The largest absolute Gasteiger partial charge is 0.457 e. The van der Waals surface area contributed by atoms with Crippen molar-refractivity contribution in [1.82, 2.24) is 9.61 Å². The summed E-state index contributed by atoms with van der Waals surface area (Å²) in [6, 6.07) is 56.9. The van der Waals surface area contributed by atoms with E-state index in [0.29, 0.717) is 6.67 Å². The maximum atomic E-state index is 6.79. The van der Waals surface area contributed by atoms with Crippen LogP contribution in [-0.2, 0) is 16.2 Å². The van der Waals surface area contributed by atoms with Crippen LogP contribution < -0.4 is 14.5 Å². The molecule has 0 radical (unpaired) electrons. The summed E-state index contributed by atoms with van der Waals surface area (Å²) in [4.78, 5) is 4.81. The van der Waals surface area contributed by atoms with E-state index in [1.165, 1.54) is 66.3 Å². The van der Waals surface area contributed by atoms with Crippen LogP contribution in [0.2, 0.25) is 0 Å². The van der Waals surface area contributed by atoms with E-state index in [2.05, 4.69) is 227 Å². The second-order valence-electron chi connectivity index (χ2n) is 19.0. The molecule has 7 aromatic carbocycles. The summed E-state index contributed by atoms with van der Waals surface area (Å²) in [6.07, 6.45) is 2.10. The first-order valence-electron chi connectivity index (χ1n) is 21.5. The Kier molecular flexibility index (Phi) is 8.12. The Balaban J connectivity index is 0.977. The molecule has 0 N–H and O–H groups in total. The monoisotopic (exact) mass is 794 g/mol. The van der Waals surface area contributed by atoms with E-state index in [4.69, 9.17) is 9.84 Å². The van der Waals surface area contributed by atoms with Crippen LogP contribution in [-0.4, -0.2) is 16.3 Å². The Morgan fingerprint density at radius 3 is 1.79 bits per heavy atom. The standard InChI is InChI=1S/C56H50N4O/c1-54(2,3)40-30-46-45-26-25-44(33-51(45)60-53-48(34-57-60)56(6,7)55(4,5)47(31-40)52(46)53)61-43-22-16-21-41(32-43)58-35-59(50-24-15-14-23-49(50)58)42-28-38(36-17-10-8-11-18-36)27-39(29-42)37-19-12-9-13-20-37/h8-34H,35H2,1-7H3. The Bertz CT molecular complexity index is 3130. The number of anilines is 4. The molecule has 300 valence electrons. The molecular weight excluding hydrogens is 745 g/mol. The van der Waals surface area contributed by atoms with Gasteiger partial charge in [0.05, 0.1) is 28.6 Å². The molecule has 0 bridgehead atoms. The molecule has 0 saturated heterocycles. The Labute approximate surface area is 358 Å². The number of hydrogen-bond donors (Lipinski definition) is 0. The van der Waals surface area contributed by atoms with Gasteiger partial charge >= 0.3 is 0 Å². The minimum atomic E-state index is -0.119. The van der Waals surface area contributed by atoms with Gasteiger partial charge in [0.25, 0.3) is 0 Å². The predicted molar refractivity (Wildman–Crippen MR) is 254 cm³/mol. The first-order chi connectivity index (χ1) is 29.4. The number of para-hydroxylation sites is 2. The van der Waals surface area contributed by atoms with Crippen molar-refractivity contribution >= 4 is 49.9 Å². The lowest BCUT2D eigenvalue weighted by atomic mass is 9.57. The van der Waals surface area contributed by atoms with E-state index in [1.807, 2.05) is 0 Å². The van der Waals surface area contributed by atoms with Gasteiger partial charge in [-0.15, -0.1) is 0 Å². The van der Waals surface area contributed by atoms with E-state index in [0.717, 1.165) is 34.1 Å². The number of ether oxygens (including phenoxy) is 1. The minimum Gasteiger partial charge on any atom is -0.457 e. The van der Waals surface area contributed by atoms with Crippen molar-refractivity contribution in [3.63, 3.8) is 0 Å². The highest BCUT2D eigenvalue weighted by atomic mass is 16.5. The molecule has 2 aliphatic rings. The summed E-state index contributed by atoms with van der Waals surface area (Å²) in [6.45, 7) is 17.2. The first kappa shape index (κ1) is 37.2. The van der Waals surface area contributed by atoms with Gasteiger partial charge in [-0.25, -0.2) is 4.52 Å². The number of pyridine rings is 1. The second-order valence-corrected chi connectivity index (χ2v) is 19.0. The highest BCUT2D eigenvalue weighted by Crippen LogP contribution is 2.55. The lowest BCUT2D eigenvalue weighted by Gasteiger charge is -2.46. The summed E-state index contributed by atoms with van der Waals surface area (Å²) < 4.78 is 8.96. The van der Waals surface area contributed by atoms with Gasteiger partial charge < -0.3 is 14.5 Å². The Morgan fingerprint density at radius 2 is 1.13 bits per heavy atom. The molecule has 2 aromatic heterocycles. The molecule has 61 heavy (non-hydrogen) atoms. The molecule has 0 spiro atoms. The van der Waals surface area contributed by atoms with Gasteiger partial charge in [-0.05, 0) is 110 Å². The van der Waals surface area contributed by atoms with Gasteiger partial charge in [0, 0.05) is 45.3 Å². The summed E-state index contributed by atoms with van der Waals surface area (Å²) in [5.41, 5.74) is 15.4. The summed E-state index contributed by atoms with van der Waals surface area (Å²) in [7, 11) is 0. The van der Waals surface area contributed by atoms with Crippen molar-refractivity contribution < 1.29 is 4.74 Å². The normalized spacial score (nSPS) is 15.3. The molecule has 0 unspecified atom stereocenters. The van der Waals surface area contributed by atoms with E-state index in [-0.39, 0.29) is 16.2 Å². The lowest BCUT2D eigenvalue weighted by Crippen LogP contribution is -2.42. The van der Waals surface area contributed by atoms with Crippen LogP contribution in [0.1, 0.15) is 65.2 Å². The van der Waals surface area contributed by atoms with E-state index in [1.54, 1.807) is 0 Å². The zero-order chi connectivity index (χ0) is 41.8. The van der Waals surface area contributed by atoms with Crippen LogP contribution in [0.15, 0.2) is 164 Å². The SMILES string of the molecule is CC(C)(C)c1cc2c3c(c1)c1ccc(Oc4cccc(N5CN(c6cc(-c7ccccc7)cc(-c7ccccc7)c6)c6ccccc65)c4)cc1n1ncc(c31)C(C)(C)C2(C)C. The number of benzene rings is 7. The first-order valence-corrected chi connectivity index (χ1v) is 21.5. The van der Waals surface area contributed by atoms with E-state index >= 15 is 0 Å². The molecule has 11 rings (SSSR count). The molecule has 0 saturated carbocycles. The zero-order valence-corrected chi connectivity index (χ0v) is 36.0. The third-order valence-electron chi connectivity index (χ3n) is 14.0. The van der Waals surface area contributed by atoms with Crippen molar-refractivity contribution in [2.24, 2.45) is 0 Å². The van der Waals surface area contributed by atoms with Gasteiger partial charge in [-0.3, -0.25) is 0 Å². The van der Waals surface area contributed by atoms with Crippen LogP contribution >= 0.6 is 0 Å². The number of fused-ring (bicyclic) bond motifs is 4. The maximum Gasteiger partial charge on any atom is 0.129 e. The quantitative estimate of drug-likeness (QED) is 0.157. The maximum absolute atomic E-state index is 6.79. The molecule has 1 aliphatic carbocycles. The number of hydrogen-bond acceptors (Lipinski definition) is 4. The third kappa shape index (κ3) is 5.78. The average molecular weight is 795 g/mol. The van der Waals surface area contributed by atoms with Gasteiger partial charge in [-0.2, -0.15) is 5.10 Å². The average Bonchev–Trinajstić information content (AvgIpc) is 3.90. The van der Waals surface area contributed by atoms with E-state index in [9.17, 15) is 0 Å². The fourth-order valence-electron chi connectivity index (χ4n) is 9.78. The summed E-state index contributed by atoms with van der Waals surface area (Å²) >= 11 is 0. The van der Waals surface area contributed by atoms with Gasteiger partial charge in [0.1, 0.15) is 18.2 Å². The zero-order valence-electron chi connectivity index (χ0n) is 36.0. The predicted octanol–water partition coefficient (Wildman–Crippen LogP) is 14.9. The highest BCUT2D eigenvalue weighted by Gasteiger charge is 2.47. The fraction of sp³-hybridized carbons (Fsp3) is 0.196. The van der Waals surface area contributed by atoms with Crippen molar-refractivity contribution in [1.29, 1.82) is 0 Å². The molecule has 0 amide bonds. The molecule has 5 nitrogen and oxygen atoms in total. The molecule has 1 aliphatic heterocycles. The van der Waals surface area contributed by atoms with Crippen LogP contribution in [0, 0.1) is 0 Å². The molecule has 9 aromatic rings. The van der Waals surface area contributed by atoms with Crippen molar-refractivity contribution in [3.05, 3.63) is 181 Å². The molecule has 3 heterocycles. The number of rotatable bonds is 6. The van der Waals surface area contributed by atoms with E-state index < -0.39 is 0 Å². The number of aromatic nitrogens is 2. The van der Waals surface area contributed by atoms with Gasteiger partial charge in [0.15, 0.2) is 0 Å². The van der Waals surface area contributed by atoms with Crippen LogP contribution in [0.4, 0.5) is 22.7 Å². The van der Waals surface area contributed by atoms with Crippen molar-refractivity contribution in [3.8, 4) is 33.8 Å².